The molecule has 0 spiro atoms. The Balaban J connectivity index is 1.45. The van der Waals surface area contributed by atoms with Crippen LogP contribution in [0, 0.1) is 0 Å². The van der Waals surface area contributed by atoms with E-state index in [9.17, 15) is 4.79 Å². The number of nitrogens with zero attached hydrogens (tertiary/aromatic N) is 5. The maximum Gasteiger partial charge on any atom is 0.310 e. The minimum Gasteiger partial charge on any atom is -0.460 e. The Morgan fingerprint density at radius 3 is 2.55 bits per heavy atom. The van der Waals surface area contributed by atoms with Crippen molar-refractivity contribution in [1.82, 2.24) is 30.2 Å². The molecule has 5 rings (SSSR count). The van der Waals surface area contributed by atoms with Crippen LogP contribution in [0.3, 0.4) is 0 Å². The Kier molecular flexibility index (Phi) is 7.22. The summed E-state index contributed by atoms with van der Waals surface area (Å²) < 4.78 is 7.93. The van der Waals surface area contributed by atoms with Gasteiger partial charge in [0, 0.05) is 23.0 Å². The van der Waals surface area contributed by atoms with Crippen LogP contribution >= 0.6 is 0 Å². The van der Waals surface area contributed by atoms with Crippen molar-refractivity contribution in [2.24, 2.45) is 0 Å². The first-order valence-electron chi connectivity index (χ1n) is 13.2. The van der Waals surface area contributed by atoms with Gasteiger partial charge in [0.1, 0.15) is 11.4 Å². The molecule has 1 N–H and O–H groups in total. The third-order valence-corrected chi connectivity index (χ3v) is 6.72. The number of esters is 1. The molecule has 1 atom stereocenters. The molecule has 38 heavy (non-hydrogen) atoms. The molecule has 8 nitrogen and oxygen atoms in total. The van der Waals surface area contributed by atoms with E-state index in [4.69, 9.17) is 9.72 Å². The number of unbranched alkanes of at least 4 members (excludes halogenated alkanes) is 1. The van der Waals surface area contributed by atoms with Crippen molar-refractivity contribution < 1.29 is 9.53 Å². The van der Waals surface area contributed by atoms with Crippen LogP contribution in [0.4, 0.5) is 0 Å². The third kappa shape index (κ3) is 5.44. The van der Waals surface area contributed by atoms with E-state index < -0.39 is 5.60 Å². The molecular formula is C30H34N6O2. The summed E-state index contributed by atoms with van der Waals surface area (Å²) in [5, 5.41) is 14.6. The SMILES string of the molecule is CCCCc1cnc2n1C(c1ccc(-c3ccccc3-c3nn[nH]n3)cc1)CC=C2CC(=O)OC(C)(C)C. The van der Waals surface area contributed by atoms with E-state index in [2.05, 4.69) is 68.5 Å². The van der Waals surface area contributed by atoms with E-state index in [1.54, 1.807) is 0 Å². The second-order valence-corrected chi connectivity index (χ2v) is 10.7. The molecule has 0 radical (unpaired) electrons. The monoisotopic (exact) mass is 510 g/mol. The molecule has 0 aliphatic carbocycles. The highest BCUT2D eigenvalue weighted by atomic mass is 16.6. The van der Waals surface area contributed by atoms with E-state index >= 15 is 0 Å². The number of carbonyl (C=O) groups is 1. The Morgan fingerprint density at radius 1 is 1.11 bits per heavy atom. The number of benzene rings is 2. The summed E-state index contributed by atoms with van der Waals surface area (Å²) in [4.78, 5) is 17.4. The van der Waals surface area contributed by atoms with Gasteiger partial charge in [-0.05, 0) is 61.9 Å². The van der Waals surface area contributed by atoms with Gasteiger partial charge in [0.15, 0.2) is 0 Å². The summed E-state index contributed by atoms with van der Waals surface area (Å²) >= 11 is 0. The molecule has 1 aliphatic heterocycles. The van der Waals surface area contributed by atoms with Gasteiger partial charge in [-0.2, -0.15) is 5.21 Å². The average Bonchev–Trinajstić information content (AvgIpc) is 3.58. The van der Waals surface area contributed by atoms with Gasteiger partial charge >= 0.3 is 5.97 Å². The first-order valence-corrected chi connectivity index (χ1v) is 13.2. The molecule has 4 aromatic rings. The van der Waals surface area contributed by atoms with Crippen molar-refractivity contribution in [3.8, 4) is 22.5 Å². The number of hydrogen-bond donors (Lipinski definition) is 1. The first-order chi connectivity index (χ1) is 18.3. The molecule has 1 aliphatic rings. The highest BCUT2D eigenvalue weighted by molar-refractivity contribution is 5.84. The zero-order chi connectivity index (χ0) is 26.7. The van der Waals surface area contributed by atoms with E-state index in [1.807, 2.05) is 45.2 Å². The Morgan fingerprint density at radius 2 is 1.87 bits per heavy atom. The Bertz CT molecular complexity index is 1430. The van der Waals surface area contributed by atoms with Gasteiger partial charge in [-0.3, -0.25) is 4.79 Å². The number of tetrazole rings is 1. The lowest BCUT2D eigenvalue weighted by Crippen LogP contribution is -2.25. The number of aromatic nitrogens is 6. The lowest BCUT2D eigenvalue weighted by atomic mass is 9.93. The summed E-state index contributed by atoms with van der Waals surface area (Å²) in [5.41, 5.74) is 5.90. The smallest absolute Gasteiger partial charge is 0.310 e. The summed E-state index contributed by atoms with van der Waals surface area (Å²) in [6, 6.07) is 16.9. The first kappa shape index (κ1) is 25.6. The average molecular weight is 511 g/mol. The predicted molar refractivity (Wildman–Crippen MR) is 147 cm³/mol. The molecule has 1 unspecified atom stereocenters. The van der Waals surface area contributed by atoms with Crippen molar-refractivity contribution in [2.45, 2.75) is 71.4 Å². The van der Waals surface area contributed by atoms with Crippen LogP contribution in [0.25, 0.3) is 28.1 Å². The number of rotatable bonds is 8. The fourth-order valence-electron chi connectivity index (χ4n) is 5.03. The van der Waals surface area contributed by atoms with Crippen molar-refractivity contribution >= 4 is 11.5 Å². The molecule has 2 aromatic heterocycles. The predicted octanol–water partition coefficient (Wildman–Crippen LogP) is 6.18. The highest BCUT2D eigenvalue weighted by Gasteiger charge is 2.28. The number of fused-ring (bicyclic) bond motifs is 1. The third-order valence-electron chi connectivity index (χ3n) is 6.72. The molecule has 0 bridgehead atoms. The van der Waals surface area contributed by atoms with E-state index in [-0.39, 0.29) is 18.4 Å². The Hall–Kier alpha value is -4.07. The number of aryl methyl sites for hydroxylation is 1. The highest BCUT2D eigenvalue weighted by Crippen LogP contribution is 2.37. The van der Waals surface area contributed by atoms with Crippen LogP contribution in [0.5, 0.6) is 0 Å². The number of nitrogens with one attached hydrogen (secondary N) is 1. The number of aromatic amines is 1. The van der Waals surface area contributed by atoms with Crippen molar-refractivity contribution in [3.05, 3.63) is 77.9 Å². The molecule has 196 valence electrons. The largest absolute Gasteiger partial charge is 0.460 e. The van der Waals surface area contributed by atoms with Gasteiger partial charge in [0.2, 0.25) is 5.82 Å². The van der Waals surface area contributed by atoms with Crippen LogP contribution in [-0.4, -0.2) is 41.7 Å². The maximum atomic E-state index is 12.6. The van der Waals surface area contributed by atoms with Gasteiger partial charge < -0.3 is 9.30 Å². The summed E-state index contributed by atoms with van der Waals surface area (Å²) in [6.07, 6.45) is 8.30. The van der Waals surface area contributed by atoms with Crippen molar-refractivity contribution in [3.63, 3.8) is 0 Å². The normalized spacial score (nSPS) is 15.2. The van der Waals surface area contributed by atoms with Gasteiger partial charge in [-0.25, -0.2) is 4.98 Å². The van der Waals surface area contributed by atoms with E-state index in [0.29, 0.717) is 5.82 Å². The van der Waals surface area contributed by atoms with Crippen LogP contribution in [0.15, 0.2) is 60.8 Å². The summed E-state index contributed by atoms with van der Waals surface area (Å²) in [6.45, 7) is 7.88. The number of ether oxygens (including phenoxy) is 1. The maximum absolute atomic E-state index is 12.6. The second-order valence-electron chi connectivity index (χ2n) is 10.7. The van der Waals surface area contributed by atoms with Gasteiger partial charge in [0.05, 0.1) is 12.5 Å². The van der Waals surface area contributed by atoms with Crippen LogP contribution < -0.4 is 0 Å². The number of imidazole rings is 1. The molecule has 0 saturated heterocycles. The van der Waals surface area contributed by atoms with Gasteiger partial charge in [-0.15, -0.1) is 10.2 Å². The standard InChI is InChI=1S/C30H34N6O2/c1-5-6-9-23-19-31-29-22(18-27(37)38-30(2,3)4)16-17-26(36(23)29)21-14-12-20(13-15-21)24-10-7-8-11-25(24)28-32-34-35-33-28/h7-8,10-16,19,26H,5-6,9,17-18H2,1-4H3,(H,32,33,34,35). The van der Waals surface area contributed by atoms with E-state index in [0.717, 1.165) is 53.8 Å². The molecule has 3 heterocycles. The summed E-state index contributed by atoms with van der Waals surface area (Å²) in [5.74, 6) is 1.21. The molecular weight excluding hydrogens is 476 g/mol. The molecule has 0 amide bonds. The minimum atomic E-state index is -0.513. The Labute approximate surface area is 223 Å². The van der Waals surface area contributed by atoms with Crippen LogP contribution in [0.1, 0.15) is 76.5 Å². The number of carbonyl (C=O) groups excluding carboxylic acids is 1. The van der Waals surface area contributed by atoms with Crippen LogP contribution in [0.2, 0.25) is 0 Å². The molecule has 2 aromatic carbocycles. The zero-order valence-corrected chi connectivity index (χ0v) is 22.4. The topological polar surface area (TPSA) is 98.6 Å². The van der Waals surface area contributed by atoms with E-state index in [1.165, 1.54) is 11.3 Å². The van der Waals surface area contributed by atoms with Crippen molar-refractivity contribution in [2.75, 3.05) is 0 Å². The number of hydrogen-bond acceptors (Lipinski definition) is 6. The quantitative estimate of drug-likeness (QED) is 0.284. The number of allylic oxidation sites excluding steroid dienone is 1. The van der Waals surface area contributed by atoms with Crippen molar-refractivity contribution in [1.29, 1.82) is 0 Å². The lowest BCUT2D eigenvalue weighted by molar-refractivity contribution is -0.153. The zero-order valence-electron chi connectivity index (χ0n) is 22.4. The molecule has 0 fully saturated rings. The van der Waals surface area contributed by atoms with Crippen LogP contribution in [-0.2, 0) is 16.0 Å². The van der Waals surface area contributed by atoms with Gasteiger partial charge in [-0.1, -0.05) is 68.0 Å². The molecule has 0 saturated carbocycles. The van der Waals surface area contributed by atoms with Gasteiger partial charge in [0.25, 0.3) is 0 Å². The number of H-pyrrole nitrogens is 1. The second kappa shape index (κ2) is 10.7. The summed E-state index contributed by atoms with van der Waals surface area (Å²) in [7, 11) is 0. The fourth-order valence-corrected chi connectivity index (χ4v) is 5.03. The lowest BCUT2D eigenvalue weighted by Gasteiger charge is -2.28. The minimum absolute atomic E-state index is 0.114. The fraction of sp³-hybridized carbons (Fsp3) is 0.367. The molecule has 8 heteroatoms.